The number of esters is 1. The van der Waals surface area contributed by atoms with Gasteiger partial charge in [-0.15, -0.1) is 0 Å². The molecule has 11 heteroatoms. The van der Waals surface area contributed by atoms with E-state index in [1.165, 1.54) is 25.5 Å². The number of carbonyl (C=O) groups excluding carboxylic acids is 1. The molecule has 4 heterocycles. The standard InChI is InChI=1S/C24H20BrN3O2.C18H17N3O2.C2H6/c25-19-3-1-2-15(10-19)14-28-9-8-17-11-20(6-7-22(17)28)27-23-21(24(29)30)12-18(13-26-23)16-4-5-16;1-23-18(22)15-9-13(11-2-3-11)10-20-17(15)21-14-4-5-16-12(8-14)6-7-19-16;1-2/h1-3,6-13,16H,4-5,14H2,(H,26,27)(H,29,30);4-11,19H,2-3H2,1H3,(H,20,21);1-2H3. The maximum absolute atomic E-state index is 12.1. The molecule has 0 spiro atoms. The summed E-state index contributed by atoms with van der Waals surface area (Å²) in [5.41, 5.74) is 7.92. The Morgan fingerprint density at radius 3 is 2.09 bits per heavy atom. The first kappa shape index (κ1) is 37.4. The number of hydrogen-bond donors (Lipinski definition) is 4. The molecule has 0 atom stereocenters. The topological polar surface area (TPSA) is 134 Å². The number of benzene rings is 3. The predicted octanol–water partition coefficient (Wildman–Crippen LogP) is 11.2. The molecule has 10 nitrogen and oxygen atoms in total. The highest BCUT2D eigenvalue weighted by Crippen LogP contribution is 2.41. The summed E-state index contributed by atoms with van der Waals surface area (Å²) in [6, 6.07) is 28.0. The molecule has 280 valence electrons. The molecule has 0 aliphatic heterocycles. The van der Waals surface area contributed by atoms with E-state index in [0.717, 1.165) is 68.2 Å². The van der Waals surface area contributed by atoms with Gasteiger partial charge in [0.2, 0.25) is 0 Å². The van der Waals surface area contributed by atoms with Gasteiger partial charge in [0, 0.05) is 69.0 Å². The van der Waals surface area contributed by atoms with Gasteiger partial charge < -0.3 is 30.0 Å². The monoisotopic (exact) mass is 798 g/mol. The van der Waals surface area contributed by atoms with E-state index in [1.807, 2.05) is 80.8 Å². The Hall–Kier alpha value is -5.94. The average molecular weight is 800 g/mol. The van der Waals surface area contributed by atoms with Crippen LogP contribution in [0.25, 0.3) is 21.8 Å². The van der Waals surface area contributed by atoms with Gasteiger partial charge in [0.15, 0.2) is 0 Å². The number of carboxylic acids is 1. The van der Waals surface area contributed by atoms with E-state index in [9.17, 15) is 14.7 Å². The van der Waals surface area contributed by atoms with E-state index in [0.29, 0.717) is 29.0 Å². The summed E-state index contributed by atoms with van der Waals surface area (Å²) in [6.07, 6.45) is 12.2. The summed E-state index contributed by atoms with van der Waals surface area (Å²) in [7, 11) is 1.39. The number of aromatic amines is 1. The molecule has 3 aromatic carbocycles. The number of nitrogens with one attached hydrogen (secondary N) is 3. The van der Waals surface area contributed by atoms with Crippen LogP contribution in [0.4, 0.5) is 23.0 Å². The fraction of sp³-hybridized carbons (Fsp3) is 0.227. The van der Waals surface area contributed by atoms with Gasteiger partial charge in [-0.05, 0) is 127 Å². The maximum atomic E-state index is 12.1. The lowest BCUT2D eigenvalue weighted by molar-refractivity contribution is 0.0600. The van der Waals surface area contributed by atoms with E-state index < -0.39 is 5.97 Å². The first-order chi connectivity index (χ1) is 26.8. The number of carboxylic acid groups (broad SMARTS) is 1. The van der Waals surface area contributed by atoms with Crippen LogP contribution in [-0.2, 0) is 11.3 Å². The number of fused-ring (bicyclic) bond motifs is 2. The Balaban J connectivity index is 0.000000167. The Kier molecular flexibility index (Phi) is 11.3. The van der Waals surface area contributed by atoms with E-state index in [4.69, 9.17) is 4.74 Å². The van der Waals surface area contributed by atoms with Gasteiger partial charge in [0.05, 0.1) is 7.11 Å². The third-order valence-corrected chi connectivity index (χ3v) is 10.1. The maximum Gasteiger partial charge on any atom is 0.341 e. The van der Waals surface area contributed by atoms with E-state index >= 15 is 0 Å². The second-order valence-corrected chi connectivity index (χ2v) is 14.5. The van der Waals surface area contributed by atoms with Crippen LogP contribution in [0.15, 0.2) is 114 Å². The van der Waals surface area contributed by atoms with Crippen molar-refractivity contribution in [1.82, 2.24) is 19.5 Å². The van der Waals surface area contributed by atoms with Crippen molar-refractivity contribution in [3.8, 4) is 0 Å². The third kappa shape index (κ3) is 8.90. The predicted molar refractivity (Wildman–Crippen MR) is 222 cm³/mol. The molecule has 0 amide bonds. The minimum atomic E-state index is -0.964. The summed E-state index contributed by atoms with van der Waals surface area (Å²) in [5.74, 6) is 0.567. The number of H-pyrrole nitrogens is 1. The summed E-state index contributed by atoms with van der Waals surface area (Å²) in [6.45, 7) is 4.78. The van der Waals surface area contributed by atoms with Crippen molar-refractivity contribution in [3.05, 3.63) is 142 Å². The summed E-state index contributed by atoms with van der Waals surface area (Å²) in [5, 5.41) is 18.2. The second kappa shape index (κ2) is 16.6. The summed E-state index contributed by atoms with van der Waals surface area (Å²) in [4.78, 5) is 35.8. The van der Waals surface area contributed by atoms with Crippen LogP contribution < -0.4 is 10.6 Å². The molecule has 7 aromatic rings. The first-order valence-electron chi connectivity index (χ1n) is 18.6. The lowest BCUT2D eigenvalue weighted by Gasteiger charge is -2.11. The number of methoxy groups -OCH3 is 1. The number of aromatic carboxylic acids is 1. The highest BCUT2D eigenvalue weighted by Gasteiger charge is 2.27. The van der Waals surface area contributed by atoms with E-state index in [-0.39, 0.29) is 11.5 Å². The van der Waals surface area contributed by atoms with Crippen molar-refractivity contribution in [3.63, 3.8) is 0 Å². The Morgan fingerprint density at radius 2 is 1.45 bits per heavy atom. The van der Waals surface area contributed by atoms with Gasteiger partial charge in [-0.2, -0.15) is 0 Å². The van der Waals surface area contributed by atoms with Gasteiger partial charge >= 0.3 is 11.9 Å². The normalized spacial score (nSPS) is 13.3. The zero-order valence-electron chi connectivity index (χ0n) is 31.0. The SMILES string of the molecule is CC.COC(=O)c1cc(C2CC2)cnc1Nc1ccc2[nH]ccc2c1.O=C(O)c1cc(C2CC2)cnc1Nc1ccc2c(ccn2Cc2cccc(Br)c2)c1. The molecule has 4 N–H and O–H groups in total. The van der Waals surface area contributed by atoms with Crippen LogP contribution in [0.1, 0.15) is 88.8 Å². The molecule has 2 aliphatic rings. The molecule has 4 aromatic heterocycles. The van der Waals surface area contributed by atoms with Gasteiger partial charge in [-0.1, -0.05) is 41.9 Å². The number of pyridine rings is 2. The van der Waals surface area contributed by atoms with Crippen molar-refractivity contribution >= 4 is 72.7 Å². The number of ether oxygens (including phenoxy) is 1. The Labute approximate surface area is 328 Å². The van der Waals surface area contributed by atoms with Crippen LogP contribution in [0, 0.1) is 0 Å². The zero-order chi connectivity index (χ0) is 38.5. The number of halogens is 1. The number of hydrogen-bond acceptors (Lipinski definition) is 7. The van der Waals surface area contributed by atoms with Gasteiger partial charge in [-0.25, -0.2) is 19.6 Å². The number of carbonyl (C=O) groups is 2. The lowest BCUT2D eigenvalue weighted by atomic mass is 10.1. The average Bonchev–Trinajstić information content (AvgIpc) is 4.14. The highest BCUT2D eigenvalue weighted by atomic mass is 79.9. The van der Waals surface area contributed by atoms with E-state index in [2.05, 4.69) is 76.5 Å². The molecule has 0 radical (unpaired) electrons. The van der Waals surface area contributed by atoms with Gasteiger partial charge in [-0.3, -0.25) is 0 Å². The van der Waals surface area contributed by atoms with Crippen molar-refractivity contribution in [2.45, 2.75) is 57.9 Å². The van der Waals surface area contributed by atoms with Gasteiger partial charge in [0.25, 0.3) is 0 Å². The third-order valence-electron chi connectivity index (χ3n) is 9.64. The molecule has 0 unspecified atom stereocenters. The fourth-order valence-electron chi connectivity index (χ4n) is 6.52. The number of nitrogens with zero attached hydrogens (tertiary/aromatic N) is 3. The minimum Gasteiger partial charge on any atom is -0.478 e. The molecule has 2 saturated carbocycles. The van der Waals surface area contributed by atoms with E-state index in [1.54, 1.807) is 12.3 Å². The molecule has 9 rings (SSSR count). The Bertz CT molecular complexity index is 2480. The summed E-state index contributed by atoms with van der Waals surface area (Å²) < 4.78 is 8.17. The van der Waals surface area contributed by atoms with Crippen molar-refractivity contribution in [2.75, 3.05) is 17.7 Å². The van der Waals surface area contributed by atoms with Crippen LogP contribution >= 0.6 is 15.9 Å². The smallest absolute Gasteiger partial charge is 0.341 e. The van der Waals surface area contributed by atoms with Crippen LogP contribution in [0.5, 0.6) is 0 Å². The lowest BCUT2D eigenvalue weighted by Crippen LogP contribution is -2.08. The minimum absolute atomic E-state index is 0.215. The molecular formula is C44H43BrN6O4. The molecule has 0 bridgehead atoms. The quantitative estimate of drug-likeness (QED) is 0.100. The van der Waals surface area contributed by atoms with Crippen molar-refractivity contribution in [1.29, 1.82) is 0 Å². The van der Waals surface area contributed by atoms with Gasteiger partial charge in [0.1, 0.15) is 22.8 Å². The summed E-state index contributed by atoms with van der Waals surface area (Å²) >= 11 is 3.52. The number of aromatic nitrogens is 4. The molecule has 0 saturated heterocycles. The first-order valence-corrected chi connectivity index (χ1v) is 19.4. The van der Waals surface area contributed by atoms with Crippen LogP contribution in [0.3, 0.4) is 0 Å². The molecule has 55 heavy (non-hydrogen) atoms. The fourth-order valence-corrected chi connectivity index (χ4v) is 6.97. The van der Waals surface area contributed by atoms with Crippen LogP contribution in [-0.4, -0.2) is 43.7 Å². The van der Waals surface area contributed by atoms with Crippen molar-refractivity contribution in [2.24, 2.45) is 0 Å². The zero-order valence-corrected chi connectivity index (χ0v) is 32.6. The molecule has 2 aliphatic carbocycles. The highest BCUT2D eigenvalue weighted by molar-refractivity contribution is 9.10. The Morgan fingerprint density at radius 1 is 0.818 bits per heavy atom. The second-order valence-electron chi connectivity index (χ2n) is 13.6. The number of anilines is 4. The molecular weight excluding hydrogens is 756 g/mol. The number of rotatable bonds is 10. The largest absolute Gasteiger partial charge is 0.478 e. The molecule has 2 fully saturated rings. The van der Waals surface area contributed by atoms with Crippen LogP contribution in [0.2, 0.25) is 0 Å². The van der Waals surface area contributed by atoms with Crippen molar-refractivity contribution < 1.29 is 19.4 Å².